The summed E-state index contributed by atoms with van der Waals surface area (Å²) in [5, 5.41) is 7.19. The van der Waals surface area contributed by atoms with Crippen molar-refractivity contribution < 1.29 is 4.42 Å². The Kier molecular flexibility index (Phi) is 7.18. The van der Waals surface area contributed by atoms with Crippen LogP contribution in [0, 0.1) is 0 Å². The zero-order valence-corrected chi connectivity index (χ0v) is 28.4. The van der Waals surface area contributed by atoms with E-state index in [0.717, 1.165) is 50.1 Å². The third-order valence-electron chi connectivity index (χ3n) is 10.3. The normalized spacial score (nSPS) is 11.5. The molecule has 9 aromatic carbocycles. The third-order valence-corrected chi connectivity index (χ3v) is 10.3. The summed E-state index contributed by atoms with van der Waals surface area (Å²) in [5.41, 5.74) is 12.1. The van der Waals surface area contributed by atoms with Crippen LogP contribution in [0.1, 0.15) is 0 Å². The Morgan fingerprint density at radius 1 is 0.327 bits per heavy atom. The first-order valence-electron chi connectivity index (χ1n) is 17.8. The molecule has 0 aliphatic rings. The maximum Gasteiger partial charge on any atom is 0.137 e. The molecule has 0 unspecified atom stereocenters. The first-order valence-corrected chi connectivity index (χ1v) is 17.8. The minimum absolute atomic E-state index is 0.869. The summed E-state index contributed by atoms with van der Waals surface area (Å²) >= 11 is 0. The highest BCUT2D eigenvalue weighted by Crippen LogP contribution is 2.46. The number of anilines is 3. The molecule has 0 amide bonds. The monoisotopic (exact) mass is 663 g/mol. The molecule has 52 heavy (non-hydrogen) atoms. The van der Waals surface area contributed by atoms with Crippen LogP contribution in [-0.2, 0) is 0 Å². The summed E-state index contributed by atoms with van der Waals surface area (Å²) in [6, 6.07) is 71.7. The Bertz CT molecular complexity index is 2890. The number of fused-ring (bicyclic) bond motifs is 5. The van der Waals surface area contributed by atoms with Gasteiger partial charge in [-0.2, -0.15) is 0 Å². The number of rotatable bonds is 6. The second kappa shape index (κ2) is 12.5. The lowest BCUT2D eigenvalue weighted by Gasteiger charge is -2.28. The highest BCUT2D eigenvalue weighted by Gasteiger charge is 2.22. The topological polar surface area (TPSA) is 16.4 Å². The van der Waals surface area contributed by atoms with E-state index in [-0.39, 0.29) is 0 Å². The van der Waals surface area contributed by atoms with Gasteiger partial charge in [0.1, 0.15) is 11.2 Å². The molecule has 0 radical (unpaired) electrons. The van der Waals surface area contributed by atoms with Gasteiger partial charge in [-0.15, -0.1) is 0 Å². The van der Waals surface area contributed by atoms with Crippen molar-refractivity contribution in [1.29, 1.82) is 0 Å². The van der Waals surface area contributed by atoms with E-state index >= 15 is 0 Å². The van der Waals surface area contributed by atoms with E-state index in [1.165, 1.54) is 43.8 Å². The SMILES string of the molecule is c1ccc(N(c2ccc(-c3cccc4ccccc34)cc2)c2cccc3oc4ccccc4c23)c(-c2ccc(-c3ccc4ccccc4c3)cc2)c1. The lowest BCUT2D eigenvalue weighted by Crippen LogP contribution is -2.11. The molecule has 10 rings (SSSR count). The average molecular weight is 664 g/mol. The Balaban J connectivity index is 1.13. The fourth-order valence-electron chi connectivity index (χ4n) is 7.74. The van der Waals surface area contributed by atoms with Crippen LogP contribution in [0.2, 0.25) is 0 Å². The Labute approximate surface area is 302 Å². The number of hydrogen-bond donors (Lipinski definition) is 0. The summed E-state index contributed by atoms with van der Waals surface area (Å²) in [4.78, 5) is 2.39. The molecule has 0 fully saturated rings. The fourth-order valence-corrected chi connectivity index (χ4v) is 7.74. The Hall–Kier alpha value is -6.90. The van der Waals surface area contributed by atoms with Crippen molar-refractivity contribution in [2.24, 2.45) is 0 Å². The van der Waals surface area contributed by atoms with Gasteiger partial charge in [0.25, 0.3) is 0 Å². The van der Waals surface area contributed by atoms with Gasteiger partial charge in [-0.1, -0.05) is 158 Å². The third kappa shape index (κ3) is 5.12. The van der Waals surface area contributed by atoms with E-state index in [1.54, 1.807) is 0 Å². The molecule has 1 aromatic heterocycles. The molecule has 0 saturated carbocycles. The Morgan fingerprint density at radius 3 is 1.75 bits per heavy atom. The van der Waals surface area contributed by atoms with Crippen molar-refractivity contribution in [2.45, 2.75) is 0 Å². The number of hydrogen-bond acceptors (Lipinski definition) is 2. The fraction of sp³-hybridized carbons (Fsp3) is 0. The minimum atomic E-state index is 0.869. The zero-order valence-electron chi connectivity index (χ0n) is 28.4. The first kappa shape index (κ1) is 30.0. The van der Waals surface area contributed by atoms with Crippen molar-refractivity contribution in [3.8, 4) is 33.4 Å². The smallest absolute Gasteiger partial charge is 0.137 e. The molecule has 244 valence electrons. The van der Waals surface area contributed by atoms with Crippen molar-refractivity contribution in [3.63, 3.8) is 0 Å². The van der Waals surface area contributed by atoms with Crippen molar-refractivity contribution in [1.82, 2.24) is 0 Å². The Morgan fingerprint density at radius 2 is 0.885 bits per heavy atom. The molecule has 0 spiro atoms. The van der Waals surface area contributed by atoms with Gasteiger partial charge in [-0.25, -0.2) is 0 Å². The van der Waals surface area contributed by atoms with Crippen LogP contribution in [0.25, 0.3) is 76.9 Å². The van der Waals surface area contributed by atoms with Crippen LogP contribution in [0.15, 0.2) is 205 Å². The van der Waals surface area contributed by atoms with E-state index in [1.807, 2.05) is 12.1 Å². The lowest BCUT2D eigenvalue weighted by molar-refractivity contribution is 0.669. The van der Waals surface area contributed by atoms with E-state index in [2.05, 4.69) is 193 Å². The van der Waals surface area contributed by atoms with Crippen LogP contribution >= 0.6 is 0 Å². The summed E-state index contributed by atoms with van der Waals surface area (Å²) in [6.07, 6.45) is 0. The lowest BCUT2D eigenvalue weighted by atomic mass is 9.96. The number of nitrogens with zero attached hydrogens (tertiary/aromatic N) is 1. The molecule has 0 aliphatic carbocycles. The molecule has 10 aromatic rings. The minimum Gasteiger partial charge on any atom is -0.456 e. The van der Waals surface area contributed by atoms with Gasteiger partial charge in [0.05, 0.1) is 16.8 Å². The predicted molar refractivity (Wildman–Crippen MR) is 220 cm³/mol. The molecular weight excluding hydrogens is 631 g/mol. The molecule has 1 heterocycles. The van der Waals surface area contributed by atoms with E-state index < -0.39 is 0 Å². The van der Waals surface area contributed by atoms with Gasteiger partial charge in [-0.05, 0) is 91.8 Å². The molecule has 2 nitrogen and oxygen atoms in total. The first-order chi connectivity index (χ1) is 25.8. The van der Waals surface area contributed by atoms with E-state index in [9.17, 15) is 0 Å². The van der Waals surface area contributed by atoms with Crippen LogP contribution in [0.5, 0.6) is 0 Å². The highest BCUT2D eigenvalue weighted by atomic mass is 16.3. The number of furan rings is 1. The maximum atomic E-state index is 6.40. The van der Waals surface area contributed by atoms with Crippen molar-refractivity contribution in [2.75, 3.05) is 4.90 Å². The van der Waals surface area contributed by atoms with Gasteiger partial charge < -0.3 is 9.32 Å². The van der Waals surface area contributed by atoms with E-state index in [4.69, 9.17) is 4.42 Å². The summed E-state index contributed by atoms with van der Waals surface area (Å²) < 4.78 is 6.40. The van der Waals surface area contributed by atoms with Gasteiger partial charge in [0.15, 0.2) is 0 Å². The van der Waals surface area contributed by atoms with Crippen molar-refractivity contribution in [3.05, 3.63) is 200 Å². The molecule has 0 atom stereocenters. The highest BCUT2D eigenvalue weighted by molar-refractivity contribution is 6.14. The largest absolute Gasteiger partial charge is 0.456 e. The average Bonchev–Trinajstić information content (AvgIpc) is 3.61. The van der Waals surface area contributed by atoms with Gasteiger partial charge in [0.2, 0.25) is 0 Å². The van der Waals surface area contributed by atoms with Gasteiger partial charge >= 0.3 is 0 Å². The quantitative estimate of drug-likeness (QED) is 0.176. The summed E-state index contributed by atoms with van der Waals surface area (Å²) in [6.45, 7) is 0. The zero-order chi connectivity index (χ0) is 34.4. The summed E-state index contributed by atoms with van der Waals surface area (Å²) in [7, 11) is 0. The van der Waals surface area contributed by atoms with Crippen LogP contribution in [0.3, 0.4) is 0 Å². The second-order valence-electron chi connectivity index (χ2n) is 13.3. The number of para-hydroxylation sites is 2. The molecule has 0 saturated heterocycles. The van der Waals surface area contributed by atoms with Gasteiger partial charge in [0, 0.05) is 16.6 Å². The van der Waals surface area contributed by atoms with E-state index in [0.29, 0.717) is 0 Å². The van der Waals surface area contributed by atoms with Crippen LogP contribution < -0.4 is 4.90 Å². The van der Waals surface area contributed by atoms with Crippen molar-refractivity contribution >= 4 is 60.5 Å². The number of benzene rings is 9. The second-order valence-corrected chi connectivity index (χ2v) is 13.3. The summed E-state index contributed by atoms with van der Waals surface area (Å²) in [5.74, 6) is 0. The molecule has 0 bridgehead atoms. The van der Waals surface area contributed by atoms with Crippen LogP contribution in [-0.4, -0.2) is 0 Å². The standard InChI is InChI=1S/C50H33NO/c1-2-13-39-33-40(28-25-34(39)11-1)35-23-26-38(27-24-35)44-16-5-7-19-46(44)51(47-20-10-22-49-50(47)45-17-6-8-21-48(45)52-49)41-31-29-37(30-32-41)43-18-9-14-36-12-3-4-15-42(36)43/h1-33H. The van der Waals surface area contributed by atoms with Crippen LogP contribution in [0.4, 0.5) is 17.1 Å². The molecular formula is C50H33NO. The predicted octanol–water partition coefficient (Wildman–Crippen LogP) is 14.4. The molecule has 2 heteroatoms. The maximum absolute atomic E-state index is 6.40. The van der Waals surface area contributed by atoms with Gasteiger partial charge in [-0.3, -0.25) is 0 Å². The molecule has 0 N–H and O–H groups in total. The molecule has 0 aliphatic heterocycles.